The normalized spacial score (nSPS) is 18.5. The van der Waals surface area contributed by atoms with Gasteiger partial charge in [0, 0.05) is 18.6 Å². The highest BCUT2D eigenvalue weighted by molar-refractivity contribution is 5.33. The van der Waals surface area contributed by atoms with Gasteiger partial charge in [-0.3, -0.25) is 4.90 Å². The average Bonchev–Trinajstić information content (AvgIpc) is 2.67. The molecule has 2 heteroatoms. The number of hydrogen-bond donors (Lipinski definition) is 1. The first-order chi connectivity index (χ1) is 12.8. The van der Waals surface area contributed by atoms with Gasteiger partial charge in [0.2, 0.25) is 0 Å². The molecule has 132 valence electrons. The molecule has 0 saturated carbocycles. The van der Waals surface area contributed by atoms with Gasteiger partial charge in [0.05, 0.1) is 6.04 Å². The van der Waals surface area contributed by atoms with Crippen molar-refractivity contribution in [2.75, 3.05) is 6.54 Å². The molecule has 0 aromatic heterocycles. The number of rotatable bonds is 6. The predicted molar refractivity (Wildman–Crippen MR) is 108 cm³/mol. The van der Waals surface area contributed by atoms with Crippen molar-refractivity contribution in [3.05, 3.63) is 108 Å². The van der Waals surface area contributed by atoms with E-state index in [1.165, 1.54) is 23.1 Å². The zero-order valence-corrected chi connectivity index (χ0v) is 15.0. The van der Waals surface area contributed by atoms with E-state index in [2.05, 4.69) is 95.9 Å². The highest BCUT2D eigenvalue weighted by Crippen LogP contribution is 2.37. The van der Waals surface area contributed by atoms with Gasteiger partial charge in [-0.25, -0.2) is 0 Å². The quantitative estimate of drug-likeness (QED) is 0.718. The molecule has 1 saturated heterocycles. The first kappa shape index (κ1) is 17.0. The summed E-state index contributed by atoms with van der Waals surface area (Å²) < 4.78 is 0. The largest absolute Gasteiger partial charge is 0.326 e. The van der Waals surface area contributed by atoms with Crippen molar-refractivity contribution in [2.45, 2.75) is 31.0 Å². The summed E-state index contributed by atoms with van der Waals surface area (Å²) in [4.78, 5) is 2.58. The van der Waals surface area contributed by atoms with Crippen molar-refractivity contribution in [3.63, 3.8) is 0 Å². The summed E-state index contributed by atoms with van der Waals surface area (Å²) in [6, 6.07) is 33.1. The molecular formula is C24H26N2. The molecule has 3 aromatic carbocycles. The highest BCUT2D eigenvalue weighted by Gasteiger charge is 2.38. The Hall–Kier alpha value is -2.42. The molecule has 1 fully saturated rings. The molecule has 1 heterocycles. The number of likely N-dealkylation sites (tertiary alicyclic amines) is 1. The van der Waals surface area contributed by atoms with Crippen molar-refractivity contribution >= 4 is 0 Å². The lowest BCUT2D eigenvalue weighted by molar-refractivity contribution is 0.0397. The van der Waals surface area contributed by atoms with Crippen LogP contribution in [0.25, 0.3) is 0 Å². The van der Waals surface area contributed by atoms with Crippen LogP contribution in [0.1, 0.15) is 29.2 Å². The third-order valence-electron chi connectivity index (χ3n) is 5.48. The number of nitrogens with two attached hydrogens (primary N) is 1. The topological polar surface area (TPSA) is 29.3 Å². The maximum absolute atomic E-state index is 6.65. The third-order valence-corrected chi connectivity index (χ3v) is 5.48. The van der Waals surface area contributed by atoms with Crippen molar-refractivity contribution in [3.8, 4) is 0 Å². The fraction of sp³-hybridized carbons (Fsp3) is 0.250. The van der Waals surface area contributed by atoms with E-state index in [-0.39, 0.29) is 12.1 Å². The van der Waals surface area contributed by atoms with Crippen LogP contribution in [0, 0.1) is 0 Å². The molecule has 3 aromatic rings. The Morgan fingerprint density at radius 2 is 1.27 bits per heavy atom. The molecule has 0 unspecified atom stereocenters. The van der Waals surface area contributed by atoms with Crippen molar-refractivity contribution in [2.24, 2.45) is 5.73 Å². The van der Waals surface area contributed by atoms with Crippen LogP contribution in [-0.2, 0) is 6.42 Å². The van der Waals surface area contributed by atoms with Crippen LogP contribution in [0.3, 0.4) is 0 Å². The Balaban J connectivity index is 1.58. The van der Waals surface area contributed by atoms with E-state index in [1.54, 1.807) is 0 Å². The molecule has 0 spiro atoms. The van der Waals surface area contributed by atoms with Crippen LogP contribution in [0.4, 0.5) is 0 Å². The first-order valence-electron chi connectivity index (χ1n) is 9.48. The van der Waals surface area contributed by atoms with Crippen LogP contribution >= 0.6 is 0 Å². The van der Waals surface area contributed by atoms with Crippen LogP contribution in [0.2, 0.25) is 0 Å². The molecule has 0 amide bonds. The zero-order valence-electron chi connectivity index (χ0n) is 15.0. The van der Waals surface area contributed by atoms with Crippen molar-refractivity contribution in [1.29, 1.82) is 0 Å². The minimum atomic E-state index is 0.154. The van der Waals surface area contributed by atoms with Crippen LogP contribution in [-0.4, -0.2) is 23.5 Å². The Morgan fingerprint density at radius 3 is 1.73 bits per heavy atom. The van der Waals surface area contributed by atoms with Gasteiger partial charge in [0.15, 0.2) is 0 Å². The number of hydrogen-bond acceptors (Lipinski definition) is 2. The van der Waals surface area contributed by atoms with E-state index >= 15 is 0 Å². The molecule has 0 bridgehead atoms. The molecule has 4 rings (SSSR count). The fourth-order valence-electron chi connectivity index (χ4n) is 4.08. The second-order valence-corrected chi connectivity index (χ2v) is 7.17. The summed E-state index contributed by atoms with van der Waals surface area (Å²) in [6.45, 7) is 1.10. The minimum absolute atomic E-state index is 0.154. The van der Waals surface area contributed by atoms with E-state index in [0.29, 0.717) is 6.04 Å². The Labute approximate surface area is 156 Å². The summed E-state index contributed by atoms with van der Waals surface area (Å²) in [5, 5.41) is 0. The highest BCUT2D eigenvalue weighted by atomic mass is 15.3. The SMILES string of the molecule is N[C@H](Cc1ccccc1)[C@H]1CCN1C(c1ccccc1)c1ccccc1. The molecule has 2 N–H and O–H groups in total. The summed E-state index contributed by atoms with van der Waals surface area (Å²) in [5.41, 5.74) is 10.7. The second-order valence-electron chi connectivity index (χ2n) is 7.17. The van der Waals surface area contributed by atoms with Gasteiger partial charge in [-0.2, -0.15) is 0 Å². The fourth-order valence-corrected chi connectivity index (χ4v) is 4.08. The van der Waals surface area contributed by atoms with Gasteiger partial charge in [-0.15, -0.1) is 0 Å². The number of benzene rings is 3. The standard InChI is InChI=1S/C24H26N2/c25-22(18-19-10-4-1-5-11-19)23-16-17-26(23)24(20-12-6-2-7-13-20)21-14-8-3-9-15-21/h1-15,22-24H,16-18,25H2/t22-,23-/m1/s1. The minimum Gasteiger partial charge on any atom is -0.326 e. The molecule has 0 aliphatic carbocycles. The maximum Gasteiger partial charge on any atom is 0.0604 e. The predicted octanol–water partition coefficient (Wildman–Crippen LogP) is 4.42. The average molecular weight is 342 g/mol. The smallest absolute Gasteiger partial charge is 0.0604 e. The van der Waals surface area contributed by atoms with Gasteiger partial charge < -0.3 is 5.73 Å². The first-order valence-corrected chi connectivity index (χ1v) is 9.48. The van der Waals surface area contributed by atoms with Crippen LogP contribution in [0.15, 0.2) is 91.0 Å². The van der Waals surface area contributed by atoms with Gasteiger partial charge in [-0.1, -0.05) is 91.0 Å². The van der Waals surface area contributed by atoms with Crippen LogP contribution < -0.4 is 5.73 Å². The summed E-state index contributed by atoms with van der Waals surface area (Å²) in [7, 11) is 0. The Morgan fingerprint density at radius 1 is 0.769 bits per heavy atom. The molecule has 2 atom stereocenters. The monoisotopic (exact) mass is 342 g/mol. The van der Waals surface area contributed by atoms with Gasteiger partial charge in [-0.05, 0) is 29.5 Å². The lowest BCUT2D eigenvalue weighted by atomic mass is 9.85. The number of nitrogens with zero attached hydrogens (tertiary/aromatic N) is 1. The van der Waals surface area contributed by atoms with Gasteiger partial charge >= 0.3 is 0 Å². The summed E-state index contributed by atoms with van der Waals surface area (Å²) in [6.07, 6.45) is 2.10. The maximum atomic E-state index is 6.65. The molecule has 26 heavy (non-hydrogen) atoms. The van der Waals surface area contributed by atoms with Gasteiger partial charge in [0.25, 0.3) is 0 Å². The van der Waals surface area contributed by atoms with E-state index in [9.17, 15) is 0 Å². The lowest BCUT2D eigenvalue weighted by Crippen LogP contribution is -2.58. The Bertz CT molecular complexity index is 762. The third kappa shape index (κ3) is 3.57. The molecule has 1 aliphatic rings. The lowest BCUT2D eigenvalue weighted by Gasteiger charge is -2.49. The van der Waals surface area contributed by atoms with Gasteiger partial charge in [0.1, 0.15) is 0 Å². The van der Waals surface area contributed by atoms with E-state index < -0.39 is 0 Å². The van der Waals surface area contributed by atoms with E-state index in [4.69, 9.17) is 5.73 Å². The van der Waals surface area contributed by atoms with Crippen LogP contribution in [0.5, 0.6) is 0 Å². The van der Waals surface area contributed by atoms with Crippen molar-refractivity contribution < 1.29 is 0 Å². The van der Waals surface area contributed by atoms with E-state index in [1.807, 2.05) is 0 Å². The molecule has 2 nitrogen and oxygen atoms in total. The van der Waals surface area contributed by atoms with E-state index in [0.717, 1.165) is 13.0 Å². The molecule has 0 radical (unpaired) electrons. The van der Waals surface area contributed by atoms with Crippen molar-refractivity contribution in [1.82, 2.24) is 4.90 Å². The Kier molecular flexibility index (Phi) is 5.14. The summed E-state index contributed by atoms with van der Waals surface area (Å²) >= 11 is 0. The second kappa shape index (κ2) is 7.86. The zero-order chi connectivity index (χ0) is 17.8. The molecular weight excluding hydrogens is 316 g/mol. The molecule has 1 aliphatic heterocycles. The summed E-state index contributed by atoms with van der Waals surface area (Å²) in [5.74, 6) is 0.